The maximum atomic E-state index is 12.5. The van der Waals surface area contributed by atoms with Gasteiger partial charge in [-0.05, 0) is 23.7 Å². The number of fused-ring (bicyclic) bond motifs is 1. The highest BCUT2D eigenvalue weighted by molar-refractivity contribution is 7.03. The van der Waals surface area contributed by atoms with Crippen LogP contribution in [0.15, 0.2) is 23.6 Å². The molecule has 0 saturated carbocycles. The van der Waals surface area contributed by atoms with Crippen molar-refractivity contribution < 1.29 is 4.79 Å². The second kappa shape index (κ2) is 4.28. The van der Waals surface area contributed by atoms with Crippen LogP contribution in [0, 0.1) is 0 Å². The molecule has 0 atom stereocenters. The molecule has 2 aromatic rings. The van der Waals surface area contributed by atoms with Crippen LogP contribution in [0.3, 0.4) is 0 Å². The molecule has 0 radical (unpaired) electrons. The van der Waals surface area contributed by atoms with E-state index in [1.165, 1.54) is 11.5 Å². The van der Waals surface area contributed by atoms with Crippen LogP contribution in [0.25, 0.3) is 0 Å². The highest BCUT2D eigenvalue weighted by Gasteiger charge is 2.40. The Bertz CT molecular complexity index is 639. The Morgan fingerprint density at radius 1 is 1.47 bits per heavy atom. The predicted molar refractivity (Wildman–Crippen MR) is 76.1 cm³/mol. The average molecular weight is 294 g/mol. The van der Waals surface area contributed by atoms with Crippen molar-refractivity contribution in [1.82, 2.24) is 9.59 Å². The first kappa shape index (κ1) is 12.6. The van der Waals surface area contributed by atoms with Gasteiger partial charge in [-0.15, -0.1) is 5.10 Å². The number of hydrogen-bond donors (Lipinski definition) is 0. The molecule has 3 rings (SSSR count). The number of carbonyl (C=O) groups is 1. The molecule has 1 aromatic heterocycles. The first-order chi connectivity index (χ1) is 9.00. The number of carbonyl (C=O) groups excluding carboxylic acids is 1. The fourth-order valence-corrected chi connectivity index (χ4v) is 3.40. The fraction of sp³-hybridized carbons (Fsp3) is 0.308. The molecule has 0 N–H and O–H groups in total. The standard InChI is InChI=1S/C13H12ClN3OS/c1-13(2)7-17(12(18)9-6-19-16-15-9)10-5-3-4-8(14)11(10)13/h3-6H,7H2,1-2H3. The first-order valence-corrected chi connectivity index (χ1v) is 7.10. The summed E-state index contributed by atoms with van der Waals surface area (Å²) < 4.78 is 3.74. The van der Waals surface area contributed by atoms with Crippen LogP contribution in [0.1, 0.15) is 29.9 Å². The molecule has 6 heteroatoms. The van der Waals surface area contributed by atoms with Crippen LogP contribution < -0.4 is 4.90 Å². The van der Waals surface area contributed by atoms with Crippen molar-refractivity contribution >= 4 is 34.7 Å². The smallest absolute Gasteiger partial charge is 0.279 e. The number of aromatic nitrogens is 2. The lowest BCUT2D eigenvalue weighted by atomic mass is 9.87. The van der Waals surface area contributed by atoms with Gasteiger partial charge < -0.3 is 4.90 Å². The number of anilines is 1. The Morgan fingerprint density at radius 3 is 2.95 bits per heavy atom. The lowest BCUT2D eigenvalue weighted by molar-refractivity contribution is 0.0981. The van der Waals surface area contributed by atoms with Crippen molar-refractivity contribution in [2.45, 2.75) is 19.3 Å². The molecule has 1 aliphatic rings. The third kappa shape index (κ3) is 1.93. The molecule has 19 heavy (non-hydrogen) atoms. The first-order valence-electron chi connectivity index (χ1n) is 5.88. The molecular weight excluding hydrogens is 282 g/mol. The zero-order valence-corrected chi connectivity index (χ0v) is 12.1. The van der Waals surface area contributed by atoms with E-state index in [1.807, 2.05) is 18.2 Å². The minimum absolute atomic E-state index is 0.122. The lowest BCUT2D eigenvalue weighted by Crippen LogP contribution is -2.34. The molecule has 1 amide bonds. The molecule has 0 bridgehead atoms. The van der Waals surface area contributed by atoms with E-state index in [1.54, 1.807) is 10.3 Å². The van der Waals surface area contributed by atoms with Crippen LogP contribution in [0.4, 0.5) is 5.69 Å². The third-order valence-corrected chi connectivity index (χ3v) is 4.16. The Labute approximate surface area is 120 Å². The molecule has 0 aliphatic carbocycles. The molecule has 0 spiro atoms. The van der Waals surface area contributed by atoms with Crippen LogP contribution in [-0.2, 0) is 5.41 Å². The number of amides is 1. The summed E-state index contributed by atoms with van der Waals surface area (Å²) in [6.07, 6.45) is 0. The summed E-state index contributed by atoms with van der Waals surface area (Å²) in [6.45, 7) is 4.77. The van der Waals surface area contributed by atoms with Crippen molar-refractivity contribution in [3.8, 4) is 0 Å². The van der Waals surface area contributed by atoms with Gasteiger partial charge in [-0.25, -0.2) is 0 Å². The largest absolute Gasteiger partial charge is 0.306 e. The quantitative estimate of drug-likeness (QED) is 0.811. The summed E-state index contributed by atoms with van der Waals surface area (Å²) >= 11 is 7.46. The fourth-order valence-electron chi connectivity index (χ4n) is 2.54. The van der Waals surface area contributed by atoms with E-state index < -0.39 is 0 Å². The van der Waals surface area contributed by atoms with Gasteiger partial charge in [0.2, 0.25) is 0 Å². The molecule has 2 heterocycles. The minimum Gasteiger partial charge on any atom is -0.306 e. The van der Waals surface area contributed by atoms with E-state index in [0.29, 0.717) is 17.3 Å². The monoisotopic (exact) mass is 293 g/mol. The Kier molecular flexibility index (Phi) is 2.83. The van der Waals surface area contributed by atoms with Gasteiger partial charge in [0.25, 0.3) is 5.91 Å². The van der Waals surface area contributed by atoms with Crippen LogP contribution in [-0.4, -0.2) is 22.0 Å². The molecule has 0 saturated heterocycles. The summed E-state index contributed by atoms with van der Waals surface area (Å²) in [5, 5.41) is 6.22. The Hall–Kier alpha value is -1.46. The van der Waals surface area contributed by atoms with Gasteiger partial charge in [-0.1, -0.05) is 36.0 Å². The number of rotatable bonds is 1. The molecule has 1 aromatic carbocycles. The zero-order valence-electron chi connectivity index (χ0n) is 10.6. The maximum absolute atomic E-state index is 12.5. The number of hydrogen-bond acceptors (Lipinski definition) is 4. The van der Waals surface area contributed by atoms with E-state index in [2.05, 4.69) is 23.4 Å². The van der Waals surface area contributed by atoms with Crippen LogP contribution >= 0.6 is 23.1 Å². The summed E-state index contributed by atoms with van der Waals surface area (Å²) in [5.74, 6) is -0.122. The van der Waals surface area contributed by atoms with Gasteiger partial charge in [0.05, 0.1) is 0 Å². The molecular formula is C13H12ClN3OS. The van der Waals surface area contributed by atoms with Crippen molar-refractivity contribution in [1.29, 1.82) is 0 Å². The van der Waals surface area contributed by atoms with E-state index in [9.17, 15) is 4.79 Å². The summed E-state index contributed by atoms with van der Waals surface area (Å²) in [4.78, 5) is 14.2. The number of nitrogens with zero attached hydrogens (tertiary/aromatic N) is 3. The zero-order chi connectivity index (χ0) is 13.6. The van der Waals surface area contributed by atoms with Gasteiger partial charge >= 0.3 is 0 Å². The van der Waals surface area contributed by atoms with Gasteiger partial charge in [-0.3, -0.25) is 4.79 Å². The minimum atomic E-state index is -0.160. The molecule has 98 valence electrons. The highest BCUT2D eigenvalue weighted by atomic mass is 35.5. The second-order valence-corrected chi connectivity index (χ2v) is 6.22. The maximum Gasteiger partial charge on any atom is 0.279 e. The normalized spacial score (nSPS) is 16.5. The predicted octanol–water partition coefficient (Wildman–Crippen LogP) is 3.13. The summed E-state index contributed by atoms with van der Waals surface area (Å²) in [6, 6.07) is 5.65. The Balaban J connectivity index is 2.09. The van der Waals surface area contributed by atoms with E-state index in [-0.39, 0.29) is 11.3 Å². The molecule has 0 unspecified atom stereocenters. The van der Waals surface area contributed by atoms with Gasteiger partial charge in [-0.2, -0.15) is 0 Å². The SMILES string of the molecule is CC1(C)CN(C(=O)c2csnn2)c2cccc(Cl)c21. The topological polar surface area (TPSA) is 46.1 Å². The van der Waals surface area contributed by atoms with Gasteiger partial charge in [0, 0.05) is 33.6 Å². The summed E-state index contributed by atoms with van der Waals surface area (Å²) in [5.41, 5.74) is 2.12. The van der Waals surface area contributed by atoms with E-state index >= 15 is 0 Å². The Morgan fingerprint density at radius 2 is 2.26 bits per heavy atom. The molecule has 0 fully saturated rings. The summed E-state index contributed by atoms with van der Waals surface area (Å²) in [7, 11) is 0. The van der Waals surface area contributed by atoms with E-state index in [4.69, 9.17) is 11.6 Å². The molecule has 4 nitrogen and oxygen atoms in total. The molecule has 1 aliphatic heterocycles. The van der Waals surface area contributed by atoms with Gasteiger partial charge in [0.15, 0.2) is 5.69 Å². The lowest BCUT2D eigenvalue weighted by Gasteiger charge is -2.20. The van der Waals surface area contributed by atoms with Crippen molar-refractivity contribution in [3.63, 3.8) is 0 Å². The van der Waals surface area contributed by atoms with Crippen molar-refractivity contribution in [3.05, 3.63) is 39.9 Å². The van der Waals surface area contributed by atoms with Crippen molar-refractivity contribution in [2.75, 3.05) is 11.4 Å². The van der Waals surface area contributed by atoms with Crippen LogP contribution in [0.5, 0.6) is 0 Å². The number of benzene rings is 1. The van der Waals surface area contributed by atoms with Crippen LogP contribution in [0.2, 0.25) is 5.02 Å². The van der Waals surface area contributed by atoms with Gasteiger partial charge in [0.1, 0.15) is 0 Å². The number of halogens is 1. The highest BCUT2D eigenvalue weighted by Crippen LogP contribution is 2.44. The average Bonchev–Trinajstić information content (AvgIpc) is 2.95. The van der Waals surface area contributed by atoms with Crippen molar-refractivity contribution in [2.24, 2.45) is 0 Å². The third-order valence-electron chi connectivity index (χ3n) is 3.34. The van der Waals surface area contributed by atoms with E-state index in [0.717, 1.165) is 11.3 Å². The second-order valence-electron chi connectivity index (χ2n) is 5.20.